The number of H-pyrrole nitrogens is 1. The Morgan fingerprint density at radius 1 is 1.19 bits per heavy atom. The molecule has 0 aliphatic carbocycles. The number of rotatable bonds is 5. The largest absolute Gasteiger partial charge is 0.433 e. The van der Waals surface area contributed by atoms with Crippen molar-refractivity contribution in [3.8, 4) is 0 Å². The quantitative estimate of drug-likeness (QED) is 0.788. The summed E-state index contributed by atoms with van der Waals surface area (Å²) in [5, 5.41) is -1.44. The lowest BCUT2D eigenvalue weighted by Crippen LogP contribution is -2.23. The summed E-state index contributed by atoms with van der Waals surface area (Å²) in [5.74, 6) is -3.75. The second-order valence-electron chi connectivity index (χ2n) is 5.45. The first-order valence-electron chi connectivity index (χ1n) is 7.28. The van der Waals surface area contributed by atoms with Crippen LogP contribution in [-0.2, 0) is 21.8 Å². The van der Waals surface area contributed by atoms with Gasteiger partial charge in [-0.1, -0.05) is 13.0 Å². The number of hydrogen-bond acceptors (Lipinski definition) is 4. The fourth-order valence-electron chi connectivity index (χ4n) is 2.44. The first kappa shape index (κ1) is 20.0. The molecule has 0 aliphatic rings. The average Bonchev–Trinajstić information content (AvgIpc) is 2.48. The van der Waals surface area contributed by atoms with Crippen LogP contribution in [-0.4, -0.2) is 18.4 Å². The topological polar surface area (TPSA) is 79.9 Å². The molecule has 1 unspecified atom stereocenters. The number of hydrogen-bond donors (Lipinski definition) is 1. The standard InChI is InChI=1S/C15H13F5N2O3S/c1-2-11(9-4-3-8(16)5-10(9)17)26(24,25)7-13-21-12(15(18,19)20)6-14(23)22-13/h3-6,11H,2,7H2,1H3,(H,21,22,23). The Morgan fingerprint density at radius 2 is 1.85 bits per heavy atom. The van der Waals surface area contributed by atoms with Gasteiger partial charge in [0.2, 0.25) is 0 Å². The minimum Gasteiger partial charge on any atom is -0.310 e. The molecule has 0 aliphatic heterocycles. The van der Waals surface area contributed by atoms with Crippen molar-refractivity contribution in [1.29, 1.82) is 0 Å². The summed E-state index contributed by atoms with van der Waals surface area (Å²) >= 11 is 0. The van der Waals surface area contributed by atoms with E-state index in [1.165, 1.54) is 6.92 Å². The SMILES string of the molecule is CCC(c1ccc(F)cc1F)S(=O)(=O)Cc1nc(C(F)(F)F)cc(=O)[nH]1. The fraction of sp³-hybridized carbons (Fsp3) is 0.333. The Bertz CT molecular complexity index is 970. The van der Waals surface area contributed by atoms with Crippen molar-refractivity contribution in [3.05, 3.63) is 63.3 Å². The van der Waals surface area contributed by atoms with Crippen LogP contribution >= 0.6 is 0 Å². The third kappa shape index (κ3) is 4.45. The Labute approximate surface area is 144 Å². The van der Waals surface area contributed by atoms with Crippen molar-refractivity contribution in [1.82, 2.24) is 9.97 Å². The van der Waals surface area contributed by atoms with Crippen molar-refractivity contribution >= 4 is 9.84 Å². The van der Waals surface area contributed by atoms with E-state index in [1.807, 2.05) is 4.98 Å². The predicted octanol–water partition coefficient (Wildman–Crippen LogP) is 3.13. The average molecular weight is 396 g/mol. The predicted molar refractivity (Wildman–Crippen MR) is 81.9 cm³/mol. The summed E-state index contributed by atoms with van der Waals surface area (Å²) < 4.78 is 90.1. The summed E-state index contributed by atoms with van der Waals surface area (Å²) in [5.41, 5.74) is -3.02. The molecule has 0 saturated carbocycles. The molecule has 0 spiro atoms. The maximum Gasteiger partial charge on any atom is 0.433 e. The highest BCUT2D eigenvalue weighted by molar-refractivity contribution is 7.90. The van der Waals surface area contributed by atoms with Gasteiger partial charge in [-0.15, -0.1) is 0 Å². The lowest BCUT2D eigenvalue weighted by atomic mass is 10.1. The van der Waals surface area contributed by atoms with Crippen LogP contribution in [0.2, 0.25) is 0 Å². The van der Waals surface area contributed by atoms with Gasteiger partial charge in [-0.25, -0.2) is 22.2 Å². The van der Waals surface area contributed by atoms with Gasteiger partial charge < -0.3 is 4.98 Å². The number of aromatic nitrogens is 2. The summed E-state index contributed by atoms with van der Waals surface area (Å²) in [6.07, 6.45) is -5.05. The van der Waals surface area contributed by atoms with Crippen molar-refractivity contribution in [2.75, 3.05) is 0 Å². The molecule has 0 bridgehead atoms. The molecule has 1 aromatic heterocycles. The molecule has 0 amide bonds. The molecule has 0 saturated heterocycles. The number of aromatic amines is 1. The third-order valence-electron chi connectivity index (χ3n) is 3.53. The van der Waals surface area contributed by atoms with Gasteiger partial charge in [0.05, 0.1) is 5.25 Å². The van der Waals surface area contributed by atoms with Crippen LogP contribution in [0.5, 0.6) is 0 Å². The summed E-state index contributed by atoms with van der Waals surface area (Å²) in [6.45, 7) is 1.42. The van der Waals surface area contributed by atoms with Gasteiger partial charge in [0.1, 0.15) is 23.2 Å². The second-order valence-corrected chi connectivity index (χ2v) is 7.63. The van der Waals surface area contributed by atoms with Crippen LogP contribution in [0.3, 0.4) is 0 Å². The minimum atomic E-state index is -4.93. The van der Waals surface area contributed by atoms with E-state index in [9.17, 15) is 35.2 Å². The second kappa shape index (κ2) is 7.14. The number of halogens is 5. The van der Waals surface area contributed by atoms with Gasteiger partial charge in [-0.2, -0.15) is 13.2 Å². The molecule has 1 atom stereocenters. The molecule has 1 heterocycles. The third-order valence-corrected chi connectivity index (χ3v) is 5.66. The zero-order valence-corrected chi connectivity index (χ0v) is 14.1. The van der Waals surface area contributed by atoms with Crippen molar-refractivity contribution in [3.63, 3.8) is 0 Å². The first-order valence-corrected chi connectivity index (χ1v) is 8.99. The molecule has 0 radical (unpaired) electrons. The Morgan fingerprint density at radius 3 is 2.38 bits per heavy atom. The Kier molecular flexibility index (Phi) is 5.49. The zero-order chi connectivity index (χ0) is 19.7. The lowest BCUT2D eigenvalue weighted by molar-refractivity contribution is -0.141. The van der Waals surface area contributed by atoms with Crippen LogP contribution < -0.4 is 5.56 Å². The van der Waals surface area contributed by atoms with E-state index in [0.717, 1.165) is 12.1 Å². The Hall–Kier alpha value is -2.30. The zero-order valence-electron chi connectivity index (χ0n) is 13.3. The molecule has 2 rings (SSSR count). The highest BCUT2D eigenvalue weighted by Crippen LogP contribution is 2.31. The molecular formula is C15H13F5N2O3S. The molecule has 26 heavy (non-hydrogen) atoms. The van der Waals surface area contributed by atoms with E-state index < -0.39 is 55.7 Å². The fourth-order valence-corrected chi connectivity index (χ4v) is 4.25. The molecular weight excluding hydrogens is 383 g/mol. The number of benzene rings is 1. The van der Waals surface area contributed by atoms with E-state index in [1.54, 1.807) is 0 Å². The molecule has 11 heteroatoms. The van der Waals surface area contributed by atoms with E-state index in [-0.39, 0.29) is 18.1 Å². The van der Waals surface area contributed by atoms with Crippen LogP contribution in [0.15, 0.2) is 29.1 Å². The van der Waals surface area contributed by atoms with E-state index >= 15 is 0 Å². The molecule has 5 nitrogen and oxygen atoms in total. The van der Waals surface area contributed by atoms with Crippen LogP contribution in [0.1, 0.15) is 35.7 Å². The van der Waals surface area contributed by atoms with Crippen LogP contribution in [0.4, 0.5) is 22.0 Å². The normalized spacial score (nSPS) is 13.6. The number of sulfone groups is 1. The Balaban J connectivity index is 2.44. The lowest BCUT2D eigenvalue weighted by Gasteiger charge is -2.17. The van der Waals surface area contributed by atoms with E-state index in [0.29, 0.717) is 6.07 Å². The van der Waals surface area contributed by atoms with Crippen molar-refractivity contribution in [2.45, 2.75) is 30.5 Å². The van der Waals surface area contributed by atoms with E-state index in [2.05, 4.69) is 4.98 Å². The number of nitrogens with one attached hydrogen (secondary N) is 1. The molecule has 1 aromatic carbocycles. The highest BCUT2D eigenvalue weighted by Gasteiger charge is 2.35. The maximum atomic E-state index is 13.9. The first-order chi connectivity index (χ1) is 11.9. The summed E-state index contributed by atoms with van der Waals surface area (Å²) in [7, 11) is -4.26. The number of alkyl halides is 3. The summed E-state index contributed by atoms with van der Waals surface area (Å²) in [4.78, 5) is 16.4. The monoisotopic (exact) mass is 396 g/mol. The molecule has 2 aromatic rings. The number of nitrogens with zero attached hydrogens (tertiary/aromatic N) is 1. The minimum absolute atomic E-state index is 0.117. The molecule has 142 valence electrons. The molecule has 0 fully saturated rings. The van der Waals surface area contributed by atoms with E-state index in [4.69, 9.17) is 0 Å². The molecule has 1 N–H and O–H groups in total. The van der Waals surface area contributed by atoms with Gasteiger partial charge in [-0.3, -0.25) is 4.79 Å². The summed E-state index contributed by atoms with van der Waals surface area (Å²) in [6, 6.07) is 2.55. The van der Waals surface area contributed by atoms with Gasteiger partial charge in [0.15, 0.2) is 15.5 Å². The van der Waals surface area contributed by atoms with Gasteiger partial charge >= 0.3 is 6.18 Å². The van der Waals surface area contributed by atoms with Gasteiger partial charge in [0.25, 0.3) is 5.56 Å². The smallest absolute Gasteiger partial charge is 0.310 e. The van der Waals surface area contributed by atoms with Crippen molar-refractivity contribution in [2.24, 2.45) is 0 Å². The van der Waals surface area contributed by atoms with Crippen LogP contribution in [0, 0.1) is 11.6 Å². The van der Waals surface area contributed by atoms with Crippen LogP contribution in [0.25, 0.3) is 0 Å². The highest BCUT2D eigenvalue weighted by atomic mass is 32.2. The maximum absolute atomic E-state index is 13.9. The van der Waals surface area contributed by atoms with Gasteiger partial charge in [0, 0.05) is 17.7 Å². The van der Waals surface area contributed by atoms with Crippen molar-refractivity contribution < 1.29 is 30.4 Å². The van der Waals surface area contributed by atoms with Gasteiger partial charge in [-0.05, 0) is 12.5 Å².